The molecule has 8 nitrogen and oxygen atoms in total. The fourth-order valence-electron chi connectivity index (χ4n) is 3.40. The monoisotopic (exact) mass is 377 g/mol. The number of nitrogens with one attached hydrogen (secondary N) is 1. The highest BCUT2D eigenvalue weighted by atomic mass is 32.1. The van der Waals surface area contributed by atoms with Gasteiger partial charge < -0.3 is 10.2 Å². The predicted molar refractivity (Wildman–Crippen MR) is 99.6 cm³/mol. The molecule has 1 saturated heterocycles. The number of piperidine rings is 1. The number of aromatic nitrogens is 3. The average Bonchev–Trinajstić information content (AvgIpc) is 3.18. The molecule has 0 saturated carbocycles. The standard InChI is InChI=1S/C17H23N5O3S/c1-4-22-15(19-20(3)17(22)25)12-6-5-8-21(10-12)16(24)14-13(7-9-26-14)18-11(2)23/h7,9,12H,4-6,8,10H2,1-3H3,(H,18,23)/t12-/m1/s1. The molecule has 0 aromatic carbocycles. The molecule has 0 spiro atoms. The molecule has 9 heteroatoms. The summed E-state index contributed by atoms with van der Waals surface area (Å²) in [6, 6.07) is 1.74. The van der Waals surface area contributed by atoms with E-state index in [-0.39, 0.29) is 23.4 Å². The van der Waals surface area contributed by atoms with E-state index in [0.717, 1.165) is 18.7 Å². The van der Waals surface area contributed by atoms with Crippen molar-refractivity contribution in [2.45, 2.75) is 39.2 Å². The molecule has 26 heavy (non-hydrogen) atoms. The molecule has 1 atom stereocenters. The number of hydrogen-bond acceptors (Lipinski definition) is 5. The lowest BCUT2D eigenvalue weighted by molar-refractivity contribution is -0.114. The van der Waals surface area contributed by atoms with E-state index < -0.39 is 0 Å². The SMILES string of the molecule is CCn1c([C@@H]2CCCN(C(=O)c3sccc3NC(C)=O)C2)nn(C)c1=O. The zero-order valence-electron chi connectivity index (χ0n) is 15.2. The third-order valence-corrected chi connectivity index (χ3v) is 5.50. The largest absolute Gasteiger partial charge is 0.345 e. The summed E-state index contributed by atoms with van der Waals surface area (Å²) >= 11 is 1.32. The molecular formula is C17H23N5O3S. The minimum absolute atomic E-state index is 0.0331. The molecule has 3 rings (SSSR count). The molecule has 3 heterocycles. The van der Waals surface area contributed by atoms with Gasteiger partial charge in [0.1, 0.15) is 10.7 Å². The first-order valence-corrected chi connectivity index (χ1v) is 9.58. The summed E-state index contributed by atoms with van der Waals surface area (Å²) in [6.07, 6.45) is 1.74. The number of amides is 2. The molecule has 1 aliphatic heterocycles. The van der Waals surface area contributed by atoms with Crippen LogP contribution in [0.15, 0.2) is 16.2 Å². The van der Waals surface area contributed by atoms with Gasteiger partial charge in [-0.05, 0) is 31.2 Å². The highest BCUT2D eigenvalue weighted by Crippen LogP contribution is 2.29. The normalized spacial score (nSPS) is 17.3. The molecular weight excluding hydrogens is 354 g/mol. The Hall–Kier alpha value is -2.42. The van der Waals surface area contributed by atoms with E-state index in [2.05, 4.69) is 10.4 Å². The maximum atomic E-state index is 13.0. The maximum absolute atomic E-state index is 13.0. The zero-order valence-corrected chi connectivity index (χ0v) is 16.0. The van der Waals surface area contributed by atoms with Crippen LogP contribution in [0.25, 0.3) is 0 Å². The van der Waals surface area contributed by atoms with Crippen molar-refractivity contribution in [2.75, 3.05) is 18.4 Å². The van der Waals surface area contributed by atoms with Crippen LogP contribution in [0.4, 0.5) is 5.69 Å². The summed E-state index contributed by atoms with van der Waals surface area (Å²) in [4.78, 5) is 38.8. The Morgan fingerprint density at radius 1 is 1.42 bits per heavy atom. The number of carbonyl (C=O) groups excluding carboxylic acids is 2. The molecule has 2 amide bonds. The molecule has 1 fully saturated rings. The van der Waals surface area contributed by atoms with Crippen LogP contribution in [-0.4, -0.2) is 44.2 Å². The van der Waals surface area contributed by atoms with E-state index in [1.165, 1.54) is 22.9 Å². The minimum atomic E-state index is -0.200. The molecule has 0 radical (unpaired) electrons. The van der Waals surface area contributed by atoms with Crippen molar-refractivity contribution >= 4 is 28.8 Å². The first kappa shape index (κ1) is 18.4. The van der Waals surface area contributed by atoms with E-state index in [9.17, 15) is 14.4 Å². The van der Waals surface area contributed by atoms with Crippen molar-refractivity contribution in [1.29, 1.82) is 0 Å². The summed E-state index contributed by atoms with van der Waals surface area (Å²) < 4.78 is 3.03. The van der Waals surface area contributed by atoms with E-state index >= 15 is 0 Å². The number of hydrogen-bond donors (Lipinski definition) is 1. The van der Waals surface area contributed by atoms with Gasteiger partial charge in [0, 0.05) is 39.5 Å². The number of aryl methyl sites for hydroxylation is 1. The van der Waals surface area contributed by atoms with Crippen molar-refractivity contribution in [1.82, 2.24) is 19.2 Å². The van der Waals surface area contributed by atoms with Crippen LogP contribution in [0.1, 0.15) is 48.1 Å². The summed E-state index contributed by atoms with van der Waals surface area (Å²) in [5.74, 6) is 0.487. The van der Waals surface area contributed by atoms with Crippen LogP contribution in [0.3, 0.4) is 0 Å². The molecule has 140 valence electrons. The lowest BCUT2D eigenvalue weighted by Gasteiger charge is -2.32. The van der Waals surface area contributed by atoms with Crippen molar-refractivity contribution < 1.29 is 9.59 Å². The highest BCUT2D eigenvalue weighted by Gasteiger charge is 2.30. The van der Waals surface area contributed by atoms with Gasteiger partial charge in [0.15, 0.2) is 0 Å². The Morgan fingerprint density at radius 3 is 2.88 bits per heavy atom. The topological polar surface area (TPSA) is 89.2 Å². The number of nitrogens with zero attached hydrogens (tertiary/aromatic N) is 4. The number of thiophene rings is 1. The second kappa shape index (κ2) is 7.45. The van der Waals surface area contributed by atoms with E-state index in [1.807, 2.05) is 6.92 Å². The molecule has 2 aromatic heterocycles. The van der Waals surface area contributed by atoms with E-state index in [0.29, 0.717) is 30.2 Å². The third-order valence-electron chi connectivity index (χ3n) is 4.60. The van der Waals surface area contributed by atoms with Crippen LogP contribution in [-0.2, 0) is 18.4 Å². The summed E-state index contributed by atoms with van der Waals surface area (Å²) in [7, 11) is 1.65. The Bertz CT molecular complexity index is 881. The van der Waals surface area contributed by atoms with Gasteiger partial charge in [-0.3, -0.25) is 14.2 Å². The van der Waals surface area contributed by atoms with Crippen molar-refractivity contribution in [2.24, 2.45) is 7.05 Å². The van der Waals surface area contributed by atoms with Gasteiger partial charge in [0.2, 0.25) is 5.91 Å². The van der Waals surface area contributed by atoms with Crippen LogP contribution < -0.4 is 11.0 Å². The lowest BCUT2D eigenvalue weighted by atomic mass is 9.97. The molecule has 0 bridgehead atoms. The predicted octanol–water partition coefficient (Wildman–Crippen LogP) is 1.64. The highest BCUT2D eigenvalue weighted by molar-refractivity contribution is 7.12. The van der Waals surface area contributed by atoms with Gasteiger partial charge in [-0.1, -0.05) is 0 Å². The van der Waals surface area contributed by atoms with Gasteiger partial charge in [0.25, 0.3) is 5.91 Å². The molecule has 1 aliphatic rings. The van der Waals surface area contributed by atoms with Crippen molar-refractivity contribution in [3.63, 3.8) is 0 Å². The van der Waals surface area contributed by atoms with E-state index in [1.54, 1.807) is 28.0 Å². The van der Waals surface area contributed by atoms with Crippen LogP contribution in [0.5, 0.6) is 0 Å². The first-order chi connectivity index (χ1) is 12.4. The fraction of sp³-hybridized carbons (Fsp3) is 0.529. The summed E-state index contributed by atoms with van der Waals surface area (Å²) in [5.41, 5.74) is 0.426. The second-order valence-electron chi connectivity index (χ2n) is 6.44. The van der Waals surface area contributed by atoms with Crippen LogP contribution >= 0.6 is 11.3 Å². The van der Waals surface area contributed by atoms with Crippen LogP contribution in [0.2, 0.25) is 0 Å². The molecule has 0 aliphatic carbocycles. The van der Waals surface area contributed by atoms with Gasteiger partial charge in [0.05, 0.1) is 5.69 Å². The Labute approximate surface area is 155 Å². The minimum Gasteiger partial charge on any atom is -0.337 e. The van der Waals surface area contributed by atoms with Gasteiger partial charge in [-0.25, -0.2) is 9.48 Å². The van der Waals surface area contributed by atoms with Gasteiger partial charge >= 0.3 is 5.69 Å². The van der Waals surface area contributed by atoms with E-state index in [4.69, 9.17) is 0 Å². The summed E-state index contributed by atoms with van der Waals surface area (Å²) in [5, 5.41) is 8.90. The molecule has 0 unspecified atom stereocenters. The second-order valence-corrected chi connectivity index (χ2v) is 7.36. The Morgan fingerprint density at radius 2 is 2.19 bits per heavy atom. The van der Waals surface area contributed by atoms with Crippen molar-refractivity contribution in [3.8, 4) is 0 Å². The molecule has 1 N–H and O–H groups in total. The Kier molecular flexibility index (Phi) is 5.26. The smallest absolute Gasteiger partial charge is 0.337 e. The Balaban J connectivity index is 1.82. The van der Waals surface area contributed by atoms with Crippen molar-refractivity contribution in [3.05, 3.63) is 32.6 Å². The lowest BCUT2D eigenvalue weighted by Crippen LogP contribution is -2.40. The average molecular weight is 377 g/mol. The first-order valence-electron chi connectivity index (χ1n) is 8.70. The van der Waals surface area contributed by atoms with Gasteiger partial charge in [-0.2, -0.15) is 5.10 Å². The third kappa shape index (κ3) is 3.44. The number of carbonyl (C=O) groups is 2. The number of rotatable bonds is 4. The van der Waals surface area contributed by atoms with Gasteiger partial charge in [-0.15, -0.1) is 11.3 Å². The maximum Gasteiger partial charge on any atom is 0.345 e. The summed E-state index contributed by atoms with van der Waals surface area (Å²) in [6.45, 7) is 5.09. The molecule has 2 aromatic rings. The quantitative estimate of drug-likeness (QED) is 0.877. The zero-order chi connectivity index (χ0) is 18.8. The fourth-order valence-corrected chi connectivity index (χ4v) is 4.22. The number of anilines is 1. The van der Waals surface area contributed by atoms with Crippen LogP contribution in [0, 0.1) is 0 Å². The number of likely N-dealkylation sites (tertiary alicyclic amines) is 1.